The second-order valence-electron chi connectivity index (χ2n) is 6.72. The molecule has 126 valence electrons. The number of carbonyl (C=O) groups is 1. The van der Waals surface area contributed by atoms with Crippen LogP contribution in [0, 0.1) is 5.92 Å². The summed E-state index contributed by atoms with van der Waals surface area (Å²) < 4.78 is 3.47. The lowest BCUT2D eigenvalue weighted by molar-refractivity contribution is 0.0692. The van der Waals surface area contributed by atoms with Gasteiger partial charge >= 0.3 is 0 Å². The Hall–Kier alpha value is -2.37. The minimum absolute atomic E-state index is 0.0174. The van der Waals surface area contributed by atoms with Gasteiger partial charge in [-0.2, -0.15) is 0 Å². The van der Waals surface area contributed by atoms with E-state index >= 15 is 0 Å². The van der Waals surface area contributed by atoms with Crippen molar-refractivity contribution in [3.8, 4) is 5.69 Å². The summed E-state index contributed by atoms with van der Waals surface area (Å²) in [7, 11) is 0. The van der Waals surface area contributed by atoms with Gasteiger partial charge in [-0.25, -0.2) is 4.98 Å². The predicted molar refractivity (Wildman–Crippen MR) is 90.4 cm³/mol. The van der Waals surface area contributed by atoms with Gasteiger partial charge in [0.05, 0.1) is 0 Å². The summed E-state index contributed by atoms with van der Waals surface area (Å²) in [6.07, 6.45) is 7.77. The lowest BCUT2D eigenvalue weighted by Gasteiger charge is -2.29. The van der Waals surface area contributed by atoms with Crippen LogP contribution in [0.1, 0.15) is 42.5 Å². The highest BCUT2D eigenvalue weighted by Crippen LogP contribution is 2.30. The number of amides is 1. The van der Waals surface area contributed by atoms with Crippen LogP contribution >= 0.6 is 0 Å². The van der Waals surface area contributed by atoms with Crippen molar-refractivity contribution in [3.63, 3.8) is 0 Å². The fourth-order valence-electron chi connectivity index (χ4n) is 3.39. The van der Waals surface area contributed by atoms with E-state index in [1.807, 2.05) is 15.7 Å². The summed E-state index contributed by atoms with van der Waals surface area (Å²) in [5.74, 6) is 1.53. The summed E-state index contributed by atoms with van der Waals surface area (Å²) in [4.78, 5) is 31.8. The van der Waals surface area contributed by atoms with E-state index < -0.39 is 0 Å². The second kappa shape index (κ2) is 5.92. The third-order valence-corrected chi connectivity index (χ3v) is 4.88. The largest absolute Gasteiger partial charge is 0.335 e. The molecule has 1 aliphatic carbocycles. The van der Waals surface area contributed by atoms with Gasteiger partial charge in [0, 0.05) is 38.4 Å². The SMILES string of the molecule is CCCc1nccn1-c1ccc2n(c1=O)CCN(CC1CC1)C2=O. The number of imidazole rings is 1. The molecule has 0 bridgehead atoms. The molecule has 0 spiro atoms. The minimum atomic E-state index is -0.109. The maximum absolute atomic E-state index is 12.9. The normalized spacial score (nSPS) is 17.2. The van der Waals surface area contributed by atoms with Crippen LogP contribution in [0.4, 0.5) is 0 Å². The topological polar surface area (TPSA) is 60.1 Å². The van der Waals surface area contributed by atoms with Gasteiger partial charge in [-0.1, -0.05) is 6.92 Å². The van der Waals surface area contributed by atoms with Crippen LogP contribution in [-0.2, 0) is 13.0 Å². The van der Waals surface area contributed by atoms with Crippen molar-refractivity contribution in [1.82, 2.24) is 19.0 Å². The molecule has 6 heteroatoms. The van der Waals surface area contributed by atoms with Crippen LogP contribution < -0.4 is 5.56 Å². The lowest BCUT2D eigenvalue weighted by atomic mass is 10.2. The van der Waals surface area contributed by atoms with Gasteiger partial charge in [0.15, 0.2) is 0 Å². The summed E-state index contributed by atoms with van der Waals surface area (Å²) in [5, 5.41) is 0. The fourth-order valence-corrected chi connectivity index (χ4v) is 3.39. The van der Waals surface area contributed by atoms with E-state index in [2.05, 4.69) is 11.9 Å². The average Bonchev–Trinajstić information content (AvgIpc) is 3.28. The molecule has 2 aromatic heterocycles. The van der Waals surface area contributed by atoms with Crippen molar-refractivity contribution >= 4 is 5.91 Å². The summed E-state index contributed by atoms with van der Waals surface area (Å²) in [5.41, 5.74) is 0.971. The van der Waals surface area contributed by atoms with E-state index in [0.717, 1.165) is 25.2 Å². The highest BCUT2D eigenvalue weighted by Gasteiger charge is 2.31. The number of aromatic nitrogens is 3. The Kier molecular flexibility index (Phi) is 3.75. The highest BCUT2D eigenvalue weighted by molar-refractivity contribution is 5.93. The van der Waals surface area contributed by atoms with Crippen molar-refractivity contribution < 1.29 is 4.79 Å². The Balaban J connectivity index is 1.70. The molecule has 1 saturated carbocycles. The van der Waals surface area contributed by atoms with E-state index in [1.165, 1.54) is 12.8 Å². The van der Waals surface area contributed by atoms with Crippen molar-refractivity contribution in [3.05, 3.63) is 46.4 Å². The van der Waals surface area contributed by atoms with Gasteiger partial charge in [0.25, 0.3) is 11.5 Å². The Morgan fingerprint density at radius 1 is 1.21 bits per heavy atom. The molecule has 2 aromatic rings. The Morgan fingerprint density at radius 2 is 2.04 bits per heavy atom. The Morgan fingerprint density at radius 3 is 2.79 bits per heavy atom. The van der Waals surface area contributed by atoms with Gasteiger partial charge in [-0.05, 0) is 37.3 Å². The third-order valence-electron chi connectivity index (χ3n) is 4.88. The Bertz CT molecular complexity index is 832. The number of hydrogen-bond donors (Lipinski definition) is 0. The molecule has 0 unspecified atom stereocenters. The number of nitrogens with zero attached hydrogens (tertiary/aromatic N) is 4. The number of carbonyl (C=O) groups excluding carboxylic acids is 1. The van der Waals surface area contributed by atoms with Gasteiger partial charge < -0.3 is 9.47 Å². The van der Waals surface area contributed by atoms with Crippen LogP contribution in [-0.4, -0.2) is 38.0 Å². The Labute approximate surface area is 140 Å². The molecule has 0 saturated heterocycles. The van der Waals surface area contributed by atoms with E-state index in [0.29, 0.717) is 30.4 Å². The summed E-state index contributed by atoms with van der Waals surface area (Å²) in [6.45, 7) is 4.11. The molecule has 1 aliphatic heterocycles. The first-order valence-corrected chi connectivity index (χ1v) is 8.74. The van der Waals surface area contributed by atoms with E-state index in [1.54, 1.807) is 22.9 Å². The molecule has 0 N–H and O–H groups in total. The molecule has 6 nitrogen and oxygen atoms in total. The number of hydrogen-bond acceptors (Lipinski definition) is 3. The van der Waals surface area contributed by atoms with Gasteiger partial charge in [0.2, 0.25) is 0 Å². The zero-order chi connectivity index (χ0) is 16.7. The first-order chi connectivity index (χ1) is 11.7. The molecule has 1 amide bonds. The predicted octanol–water partition coefficient (Wildman–Crippen LogP) is 1.85. The molecule has 0 aromatic carbocycles. The van der Waals surface area contributed by atoms with Crippen LogP contribution in [0.5, 0.6) is 0 Å². The number of rotatable bonds is 5. The first kappa shape index (κ1) is 15.2. The smallest absolute Gasteiger partial charge is 0.275 e. The highest BCUT2D eigenvalue weighted by atomic mass is 16.2. The van der Waals surface area contributed by atoms with Gasteiger partial charge in [-0.15, -0.1) is 0 Å². The quantitative estimate of drug-likeness (QED) is 0.842. The second-order valence-corrected chi connectivity index (χ2v) is 6.72. The van der Waals surface area contributed by atoms with Crippen molar-refractivity contribution in [1.29, 1.82) is 0 Å². The summed E-state index contributed by atoms with van der Waals surface area (Å²) in [6, 6.07) is 3.54. The van der Waals surface area contributed by atoms with E-state index in [-0.39, 0.29) is 11.5 Å². The molecule has 4 rings (SSSR count). The molecular formula is C18H22N4O2. The van der Waals surface area contributed by atoms with Crippen LogP contribution in [0.3, 0.4) is 0 Å². The van der Waals surface area contributed by atoms with Crippen molar-refractivity contribution in [2.45, 2.75) is 39.2 Å². The van der Waals surface area contributed by atoms with E-state index in [4.69, 9.17) is 0 Å². The molecule has 0 radical (unpaired) electrons. The molecule has 1 fully saturated rings. The maximum Gasteiger partial charge on any atom is 0.275 e. The van der Waals surface area contributed by atoms with Crippen molar-refractivity contribution in [2.75, 3.05) is 13.1 Å². The fraction of sp³-hybridized carbons (Fsp3) is 0.500. The van der Waals surface area contributed by atoms with Crippen molar-refractivity contribution in [2.24, 2.45) is 5.92 Å². The van der Waals surface area contributed by atoms with Gasteiger partial charge in [-0.3, -0.25) is 14.2 Å². The van der Waals surface area contributed by atoms with Crippen LogP contribution in [0.15, 0.2) is 29.3 Å². The number of pyridine rings is 1. The standard InChI is InChI=1S/C18H22N4O2/c1-2-3-16-19-8-9-21(16)15-7-6-14-17(23)20(12-13-4-5-13)10-11-22(14)18(15)24/h6-9,13H,2-5,10-12H2,1H3. The zero-order valence-corrected chi connectivity index (χ0v) is 13.9. The number of fused-ring (bicyclic) bond motifs is 1. The summed E-state index contributed by atoms with van der Waals surface area (Å²) >= 11 is 0. The first-order valence-electron chi connectivity index (χ1n) is 8.74. The van der Waals surface area contributed by atoms with Gasteiger partial charge in [0.1, 0.15) is 17.2 Å². The molecule has 24 heavy (non-hydrogen) atoms. The minimum Gasteiger partial charge on any atom is -0.335 e. The van der Waals surface area contributed by atoms with E-state index in [9.17, 15) is 9.59 Å². The molecule has 2 aliphatic rings. The van der Waals surface area contributed by atoms with Crippen LogP contribution in [0.25, 0.3) is 5.69 Å². The van der Waals surface area contributed by atoms with Crippen LogP contribution in [0.2, 0.25) is 0 Å². The zero-order valence-electron chi connectivity index (χ0n) is 13.9. The molecule has 3 heterocycles. The maximum atomic E-state index is 12.9. The number of aryl methyl sites for hydroxylation is 1. The molecular weight excluding hydrogens is 304 g/mol. The monoisotopic (exact) mass is 326 g/mol. The lowest BCUT2D eigenvalue weighted by Crippen LogP contribution is -2.45. The molecule has 0 atom stereocenters. The third kappa shape index (κ3) is 2.56. The average molecular weight is 326 g/mol.